The van der Waals surface area contributed by atoms with Crippen LogP contribution in [0.1, 0.15) is 153 Å². The van der Waals surface area contributed by atoms with Crippen molar-refractivity contribution in [3.8, 4) is 0 Å². The smallest absolute Gasteiger partial charge is 0.257 e. The third-order valence-corrected chi connectivity index (χ3v) is 7.55. The predicted molar refractivity (Wildman–Crippen MR) is 156 cm³/mol. The highest BCUT2D eigenvalue weighted by atomic mass is 16.2. The molecule has 202 valence electrons. The molecule has 1 heterocycles. The summed E-state index contributed by atoms with van der Waals surface area (Å²) in [6.45, 7) is 2.29. The Morgan fingerprint density at radius 2 is 0.972 bits per heavy atom. The van der Waals surface area contributed by atoms with Gasteiger partial charge in [0.05, 0.1) is 5.52 Å². The van der Waals surface area contributed by atoms with E-state index in [-0.39, 0.29) is 11.5 Å². The predicted octanol–water partition coefficient (Wildman–Crippen LogP) is 10.2. The Balaban J connectivity index is 1.35. The number of rotatable bonds is 22. The van der Waals surface area contributed by atoms with Gasteiger partial charge in [-0.05, 0) is 23.9 Å². The van der Waals surface area contributed by atoms with Crippen LogP contribution in [-0.4, -0.2) is 10.5 Å². The van der Waals surface area contributed by atoms with Crippen LogP contribution < -0.4 is 5.56 Å². The summed E-state index contributed by atoms with van der Waals surface area (Å²) >= 11 is 0. The molecule has 0 saturated carbocycles. The second-order valence-electron chi connectivity index (χ2n) is 10.8. The number of unbranched alkanes of at least 4 members (excludes halogenated alkanes) is 20. The van der Waals surface area contributed by atoms with Gasteiger partial charge in [0.2, 0.25) is 5.91 Å². The van der Waals surface area contributed by atoms with Crippen LogP contribution >= 0.6 is 0 Å². The Morgan fingerprint density at radius 3 is 1.44 bits per heavy atom. The van der Waals surface area contributed by atoms with Gasteiger partial charge in [0.25, 0.3) is 5.56 Å². The van der Waals surface area contributed by atoms with Crippen molar-refractivity contribution in [2.24, 2.45) is 0 Å². The third kappa shape index (κ3) is 12.9. The van der Waals surface area contributed by atoms with E-state index in [2.05, 4.69) is 6.92 Å². The fourth-order valence-electron chi connectivity index (χ4n) is 5.26. The SMILES string of the molecule is CCCCCCCCCCCCCCCCCCCCCCCC(=O)n1c(=O)ccc2ccccc21. The van der Waals surface area contributed by atoms with E-state index in [1.807, 2.05) is 24.3 Å². The minimum absolute atomic E-state index is 0.0744. The number of para-hydroxylation sites is 1. The van der Waals surface area contributed by atoms with E-state index in [4.69, 9.17) is 0 Å². The van der Waals surface area contributed by atoms with Crippen molar-refractivity contribution >= 4 is 16.8 Å². The zero-order valence-corrected chi connectivity index (χ0v) is 23.3. The van der Waals surface area contributed by atoms with E-state index in [1.165, 1.54) is 133 Å². The Kier molecular flexibility index (Phi) is 17.0. The standard InChI is InChI=1S/C33H53NO2/c1-2-3-4-5-6-7-8-9-10-11-12-13-14-15-16-17-18-19-20-21-22-27-32(35)34-31-26-24-23-25-30(31)28-29-33(34)36/h23-26,28-29H,2-22,27H2,1H3. The summed E-state index contributed by atoms with van der Waals surface area (Å²) in [5, 5.41) is 0.934. The average Bonchev–Trinajstić information content (AvgIpc) is 2.89. The molecule has 0 atom stereocenters. The van der Waals surface area contributed by atoms with Gasteiger partial charge in [-0.2, -0.15) is 0 Å². The Labute approximate surface area is 221 Å². The quantitative estimate of drug-likeness (QED) is 0.152. The molecular weight excluding hydrogens is 442 g/mol. The maximum Gasteiger partial charge on any atom is 0.257 e. The van der Waals surface area contributed by atoms with Crippen molar-refractivity contribution in [3.05, 3.63) is 46.8 Å². The largest absolute Gasteiger partial charge is 0.274 e. The second kappa shape index (κ2) is 20.2. The molecule has 1 aromatic carbocycles. The molecule has 0 aliphatic carbocycles. The highest BCUT2D eigenvalue weighted by Crippen LogP contribution is 2.16. The van der Waals surface area contributed by atoms with Crippen LogP contribution in [0.4, 0.5) is 0 Å². The van der Waals surface area contributed by atoms with Gasteiger partial charge in [0.1, 0.15) is 0 Å². The molecule has 2 rings (SSSR count). The van der Waals surface area contributed by atoms with Gasteiger partial charge in [-0.25, -0.2) is 4.57 Å². The summed E-state index contributed by atoms with van der Waals surface area (Å²) in [5.74, 6) is -0.0744. The molecule has 3 nitrogen and oxygen atoms in total. The number of benzene rings is 1. The number of hydrogen-bond donors (Lipinski definition) is 0. The van der Waals surface area contributed by atoms with Gasteiger partial charge in [0, 0.05) is 12.5 Å². The van der Waals surface area contributed by atoms with Crippen molar-refractivity contribution < 1.29 is 4.79 Å². The zero-order valence-electron chi connectivity index (χ0n) is 23.3. The number of carbonyl (C=O) groups is 1. The summed E-state index contributed by atoms with van der Waals surface area (Å²) in [7, 11) is 0. The molecule has 0 aliphatic rings. The molecule has 0 N–H and O–H groups in total. The lowest BCUT2D eigenvalue weighted by Crippen LogP contribution is -2.26. The van der Waals surface area contributed by atoms with Gasteiger partial charge in [-0.3, -0.25) is 9.59 Å². The van der Waals surface area contributed by atoms with E-state index in [0.717, 1.165) is 23.7 Å². The summed E-state index contributed by atoms with van der Waals surface area (Å²) in [6, 6.07) is 10.9. The Bertz CT molecular complexity index is 885. The summed E-state index contributed by atoms with van der Waals surface area (Å²) in [5.41, 5.74) is 0.501. The van der Waals surface area contributed by atoms with Crippen LogP contribution in [0.2, 0.25) is 0 Å². The fraction of sp³-hybridized carbons (Fsp3) is 0.697. The minimum Gasteiger partial charge on any atom is -0.274 e. The van der Waals surface area contributed by atoms with Gasteiger partial charge >= 0.3 is 0 Å². The molecule has 0 radical (unpaired) electrons. The van der Waals surface area contributed by atoms with Crippen LogP contribution in [0, 0.1) is 0 Å². The summed E-state index contributed by atoms with van der Waals surface area (Å²) < 4.78 is 1.35. The maximum atomic E-state index is 12.6. The lowest BCUT2D eigenvalue weighted by molar-refractivity contribution is 0.0900. The molecule has 0 fully saturated rings. The molecule has 2 aromatic rings. The van der Waals surface area contributed by atoms with Gasteiger partial charge in [-0.15, -0.1) is 0 Å². The molecule has 0 saturated heterocycles. The molecular formula is C33H53NO2. The first-order valence-corrected chi connectivity index (χ1v) is 15.4. The van der Waals surface area contributed by atoms with Crippen LogP contribution in [0.25, 0.3) is 10.9 Å². The first kappa shape index (κ1) is 30.3. The summed E-state index contributed by atoms with van der Waals surface area (Å²) in [4.78, 5) is 24.9. The molecule has 0 amide bonds. The first-order chi connectivity index (χ1) is 17.7. The molecule has 0 bridgehead atoms. The summed E-state index contributed by atoms with van der Waals surface area (Å²) in [6.07, 6.45) is 28.9. The van der Waals surface area contributed by atoms with E-state index in [0.29, 0.717) is 6.42 Å². The van der Waals surface area contributed by atoms with E-state index in [9.17, 15) is 9.59 Å². The van der Waals surface area contributed by atoms with E-state index in [1.54, 1.807) is 6.07 Å². The lowest BCUT2D eigenvalue weighted by atomic mass is 10.0. The third-order valence-electron chi connectivity index (χ3n) is 7.55. The van der Waals surface area contributed by atoms with E-state index >= 15 is 0 Å². The Morgan fingerprint density at radius 1 is 0.556 bits per heavy atom. The molecule has 0 unspecified atom stereocenters. The van der Waals surface area contributed by atoms with E-state index < -0.39 is 0 Å². The van der Waals surface area contributed by atoms with Crippen molar-refractivity contribution in [2.75, 3.05) is 0 Å². The van der Waals surface area contributed by atoms with Crippen molar-refractivity contribution in [3.63, 3.8) is 0 Å². The number of hydrogen-bond acceptors (Lipinski definition) is 2. The number of fused-ring (bicyclic) bond motifs is 1. The van der Waals surface area contributed by atoms with Crippen molar-refractivity contribution in [1.29, 1.82) is 0 Å². The Hall–Kier alpha value is -1.90. The molecule has 3 heteroatoms. The van der Waals surface area contributed by atoms with Crippen LogP contribution in [-0.2, 0) is 0 Å². The van der Waals surface area contributed by atoms with Gasteiger partial charge in [0.15, 0.2) is 0 Å². The normalized spacial score (nSPS) is 11.4. The van der Waals surface area contributed by atoms with Gasteiger partial charge in [-0.1, -0.05) is 154 Å². The number of nitrogens with zero attached hydrogens (tertiary/aromatic N) is 1. The highest BCUT2D eigenvalue weighted by molar-refractivity contribution is 5.91. The highest BCUT2D eigenvalue weighted by Gasteiger charge is 2.10. The monoisotopic (exact) mass is 495 g/mol. The van der Waals surface area contributed by atoms with Crippen molar-refractivity contribution in [1.82, 2.24) is 4.57 Å². The second-order valence-corrected chi connectivity index (χ2v) is 10.8. The number of aromatic nitrogens is 1. The molecule has 0 spiro atoms. The molecule has 1 aromatic heterocycles. The maximum absolute atomic E-state index is 12.6. The first-order valence-electron chi connectivity index (χ1n) is 15.4. The van der Waals surface area contributed by atoms with Crippen LogP contribution in [0.3, 0.4) is 0 Å². The minimum atomic E-state index is -0.220. The fourth-order valence-corrected chi connectivity index (χ4v) is 5.26. The lowest BCUT2D eigenvalue weighted by Gasteiger charge is -2.08. The number of carbonyl (C=O) groups excluding carboxylic acids is 1. The molecule has 0 aliphatic heterocycles. The molecule has 36 heavy (non-hydrogen) atoms. The zero-order chi connectivity index (χ0) is 25.7. The van der Waals surface area contributed by atoms with Crippen LogP contribution in [0.5, 0.6) is 0 Å². The van der Waals surface area contributed by atoms with Crippen molar-refractivity contribution in [2.45, 2.75) is 148 Å². The van der Waals surface area contributed by atoms with Crippen LogP contribution in [0.15, 0.2) is 41.2 Å². The number of pyridine rings is 1. The van der Waals surface area contributed by atoms with Gasteiger partial charge < -0.3 is 0 Å². The average molecular weight is 496 g/mol. The topological polar surface area (TPSA) is 39.1 Å².